The third-order valence-corrected chi connectivity index (χ3v) is 2.71. The van der Waals surface area contributed by atoms with Gasteiger partial charge in [0, 0.05) is 18.2 Å². The van der Waals surface area contributed by atoms with Crippen molar-refractivity contribution < 1.29 is 13.2 Å². The Balaban J connectivity index is 2.19. The first-order valence-corrected chi connectivity index (χ1v) is 5.08. The van der Waals surface area contributed by atoms with E-state index in [4.69, 9.17) is 0 Å². The van der Waals surface area contributed by atoms with Crippen molar-refractivity contribution in [2.24, 2.45) is 0 Å². The van der Waals surface area contributed by atoms with Gasteiger partial charge in [-0.2, -0.15) is 0 Å². The zero-order valence-corrected chi connectivity index (χ0v) is 8.19. The van der Waals surface area contributed by atoms with E-state index in [1.54, 1.807) is 0 Å². The van der Waals surface area contributed by atoms with Crippen LogP contribution in [0.25, 0.3) is 0 Å². The van der Waals surface area contributed by atoms with Gasteiger partial charge in [-0.05, 0) is 12.8 Å². The van der Waals surface area contributed by atoms with Crippen molar-refractivity contribution in [3.63, 3.8) is 0 Å². The highest BCUT2D eigenvalue weighted by molar-refractivity contribution is 5.47. The second kappa shape index (κ2) is 4.13. The fourth-order valence-corrected chi connectivity index (χ4v) is 1.95. The summed E-state index contributed by atoms with van der Waals surface area (Å²) in [5.74, 6) is -2.61. The highest BCUT2D eigenvalue weighted by Gasteiger charge is 2.19. The van der Waals surface area contributed by atoms with Gasteiger partial charge in [0.05, 0.1) is 0 Å². The number of hydrogen-bond donors (Lipinski definition) is 1. The van der Waals surface area contributed by atoms with Crippen molar-refractivity contribution in [3.8, 4) is 0 Å². The number of anilines is 1. The molecular weight excluding hydrogens is 203 g/mol. The summed E-state index contributed by atoms with van der Waals surface area (Å²) in [6, 6.07) is 1.50. The molecule has 1 N–H and O–H groups in total. The third-order valence-electron chi connectivity index (χ3n) is 2.71. The van der Waals surface area contributed by atoms with Crippen LogP contribution in [0.5, 0.6) is 0 Å². The van der Waals surface area contributed by atoms with E-state index >= 15 is 0 Å². The Labute approximate surface area is 86.3 Å². The van der Waals surface area contributed by atoms with Crippen LogP contribution in [-0.2, 0) is 0 Å². The monoisotopic (exact) mass is 215 g/mol. The molecule has 4 heteroatoms. The molecule has 82 valence electrons. The molecule has 0 heterocycles. The number of hydrogen-bond acceptors (Lipinski definition) is 1. The van der Waals surface area contributed by atoms with Crippen molar-refractivity contribution in [2.75, 3.05) is 5.32 Å². The molecule has 0 amide bonds. The van der Waals surface area contributed by atoms with E-state index < -0.39 is 17.5 Å². The van der Waals surface area contributed by atoms with Crippen molar-refractivity contribution >= 4 is 5.69 Å². The molecule has 1 fully saturated rings. The Bertz CT molecular complexity index is 336. The Morgan fingerprint density at radius 3 is 2.07 bits per heavy atom. The van der Waals surface area contributed by atoms with E-state index in [0.717, 1.165) is 25.7 Å². The minimum atomic E-state index is -0.887. The summed E-state index contributed by atoms with van der Waals surface area (Å²) in [6.07, 6.45) is 3.97. The van der Waals surface area contributed by atoms with Crippen molar-refractivity contribution in [2.45, 2.75) is 31.7 Å². The summed E-state index contributed by atoms with van der Waals surface area (Å²) in [4.78, 5) is 0. The van der Waals surface area contributed by atoms with Crippen molar-refractivity contribution in [3.05, 3.63) is 29.6 Å². The summed E-state index contributed by atoms with van der Waals surface area (Å²) in [7, 11) is 0. The van der Waals surface area contributed by atoms with Crippen LogP contribution in [0.2, 0.25) is 0 Å². The van der Waals surface area contributed by atoms with Gasteiger partial charge in [0.25, 0.3) is 0 Å². The van der Waals surface area contributed by atoms with Crippen LogP contribution in [0.3, 0.4) is 0 Å². The minimum absolute atomic E-state index is 0.111. The van der Waals surface area contributed by atoms with Crippen LogP contribution in [0, 0.1) is 17.5 Å². The van der Waals surface area contributed by atoms with Crippen LogP contribution in [-0.4, -0.2) is 6.04 Å². The first kappa shape index (κ1) is 10.3. The molecule has 2 rings (SSSR count). The normalized spacial score (nSPS) is 17.0. The van der Waals surface area contributed by atoms with Gasteiger partial charge < -0.3 is 5.32 Å². The molecule has 0 bridgehead atoms. The molecule has 1 aliphatic carbocycles. The maximum absolute atomic E-state index is 13.2. The Hall–Kier alpha value is -1.19. The van der Waals surface area contributed by atoms with Crippen LogP contribution in [0.4, 0.5) is 18.9 Å². The molecule has 0 spiro atoms. The maximum Gasteiger partial charge on any atom is 0.152 e. The zero-order valence-electron chi connectivity index (χ0n) is 8.19. The summed E-state index contributed by atoms with van der Waals surface area (Å²) >= 11 is 0. The zero-order chi connectivity index (χ0) is 10.8. The van der Waals surface area contributed by atoms with E-state index in [-0.39, 0.29) is 11.7 Å². The van der Waals surface area contributed by atoms with Gasteiger partial charge in [0.15, 0.2) is 11.6 Å². The molecule has 1 aromatic rings. The number of rotatable bonds is 2. The molecular formula is C11H12F3N. The Kier molecular flexibility index (Phi) is 2.84. The molecule has 0 atom stereocenters. The number of benzene rings is 1. The second-order valence-corrected chi connectivity index (χ2v) is 3.87. The number of nitrogens with one attached hydrogen (secondary N) is 1. The lowest BCUT2D eigenvalue weighted by molar-refractivity contribution is 0.543. The quantitative estimate of drug-likeness (QED) is 0.796. The van der Waals surface area contributed by atoms with Crippen LogP contribution >= 0.6 is 0 Å². The van der Waals surface area contributed by atoms with E-state index in [1.165, 1.54) is 0 Å². The Morgan fingerprint density at radius 1 is 1.00 bits per heavy atom. The van der Waals surface area contributed by atoms with E-state index in [2.05, 4.69) is 5.32 Å². The highest BCUT2D eigenvalue weighted by Crippen LogP contribution is 2.26. The summed E-state index contributed by atoms with van der Waals surface area (Å²) in [6.45, 7) is 0. The van der Waals surface area contributed by atoms with Gasteiger partial charge >= 0.3 is 0 Å². The van der Waals surface area contributed by atoms with Crippen LogP contribution in [0.15, 0.2) is 12.1 Å². The van der Waals surface area contributed by atoms with Gasteiger partial charge in [-0.15, -0.1) is 0 Å². The van der Waals surface area contributed by atoms with Crippen LogP contribution in [0.1, 0.15) is 25.7 Å². The molecule has 1 aromatic carbocycles. The smallest absolute Gasteiger partial charge is 0.152 e. The number of halogens is 3. The van der Waals surface area contributed by atoms with E-state index in [9.17, 15) is 13.2 Å². The lowest BCUT2D eigenvalue weighted by Gasteiger charge is -2.14. The standard InChI is InChI=1S/C11H12F3N/c12-7-5-9(13)11(10(14)6-7)15-8-3-1-2-4-8/h5-6,8,15H,1-4H2. The van der Waals surface area contributed by atoms with E-state index in [0.29, 0.717) is 12.1 Å². The molecule has 0 saturated heterocycles. The summed E-state index contributed by atoms with van der Waals surface area (Å²) in [5, 5.41) is 2.79. The lowest BCUT2D eigenvalue weighted by atomic mass is 10.2. The first-order valence-electron chi connectivity index (χ1n) is 5.08. The van der Waals surface area contributed by atoms with Gasteiger partial charge in [0.1, 0.15) is 11.5 Å². The molecule has 1 aliphatic rings. The average molecular weight is 215 g/mol. The topological polar surface area (TPSA) is 12.0 Å². The predicted octanol–water partition coefficient (Wildman–Crippen LogP) is 3.46. The fraction of sp³-hybridized carbons (Fsp3) is 0.455. The molecule has 1 saturated carbocycles. The summed E-state index contributed by atoms with van der Waals surface area (Å²) in [5.41, 5.74) is -0.205. The lowest BCUT2D eigenvalue weighted by Crippen LogP contribution is -2.16. The van der Waals surface area contributed by atoms with Gasteiger partial charge in [-0.25, -0.2) is 13.2 Å². The highest BCUT2D eigenvalue weighted by atomic mass is 19.1. The average Bonchev–Trinajstić information content (AvgIpc) is 2.63. The van der Waals surface area contributed by atoms with E-state index in [1.807, 2.05) is 0 Å². The van der Waals surface area contributed by atoms with Crippen molar-refractivity contribution in [1.82, 2.24) is 0 Å². The van der Waals surface area contributed by atoms with Gasteiger partial charge in [-0.3, -0.25) is 0 Å². The SMILES string of the molecule is Fc1cc(F)c(NC2CCCC2)c(F)c1. The third kappa shape index (κ3) is 2.25. The largest absolute Gasteiger partial charge is 0.378 e. The molecule has 15 heavy (non-hydrogen) atoms. The van der Waals surface area contributed by atoms with Gasteiger partial charge in [-0.1, -0.05) is 12.8 Å². The molecule has 0 unspecified atom stereocenters. The first-order chi connectivity index (χ1) is 7.16. The molecule has 0 radical (unpaired) electrons. The molecule has 0 aromatic heterocycles. The van der Waals surface area contributed by atoms with Gasteiger partial charge in [0.2, 0.25) is 0 Å². The predicted molar refractivity (Wildman–Crippen MR) is 52.2 cm³/mol. The van der Waals surface area contributed by atoms with Crippen molar-refractivity contribution in [1.29, 1.82) is 0 Å². The second-order valence-electron chi connectivity index (χ2n) is 3.87. The maximum atomic E-state index is 13.2. The summed E-state index contributed by atoms with van der Waals surface area (Å²) < 4.78 is 39.1. The fourth-order valence-electron chi connectivity index (χ4n) is 1.95. The van der Waals surface area contributed by atoms with Crippen LogP contribution < -0.4 is 5.32 Å². The minimum Gasteiger partial charge on any atom is -0.378 e. The molecule has 0 aliphatic heterocycles. The molecule has 1 nitrogen and oxygen atoms in total. The Morgan fingerprint density at radius 2 is 1.53 bits per heavy atom.